The number of nitrogens with zero attached hydrogens (tertiary/aromatic N) is 2. The number of amides is 1. The molecule has 1 amide bonds. The van der Waals surface area contributed by atoms with Crippen molar-refractivity contribution >= 4 is 29.3 Å². The van der Waals surface area contributed by atoms with Crippen molar-refractivity contribution in [3.8, 4) is 0 Å². The summed E-state index contributed by atoms with van der Waals surface area (Å²) >= 11 is 7.25. The van der Waals surface area contributed by atoms with Crippen LogP contribution in [0.2, 0.25) is 5.02 Å². The molecule has 0 saturated carbocycles. The molecule has 0 aliphatic rings. The van der Waals surface area contributed by atoms with E-state index in [4.69, 9.17) is 11.6 Å². The van der Waals surface area contributed by atoms with Gasteiger partial charge in [-0.15, -0.1) is 0 Å². The van der Waals surface area contributed by atoms with Gasteiger partial charge in [0.1, 0.15) is 10.8 Å². The number of carbonyl (C=O) groups excluding carboxylic acids is 1. The van der Waals surface area contributed by atoms with Crippen LogP contribution in [0.5, 0.6) is 0 Å². The van der Waals surface area contributed by atoms with Crippen molar-refractivity contribution in [1.29, 1.82) is 0 Å². The summed E-state index contributed by atoms with van der Waals surface area (Å²) in [5, 5.41) is 1.14. The predicted molar refractivity (Wildman–Crippen MR) is 82.8 cm³/mol. The molecule has 2 aromatic rings. The first-order valence-electron chi connectivity index (χ1n) is 6.28. The van der Waals surface area contributed by atoms with Gasteiger partial charge in [-0.05, 0) is 18.2 Å². The Morgan fingerprint density at radius 2 is 2.10 bits per heavy atom. The van der Waals surface area contributed by atoms with Crippen LogP contribution in [-0.4, -0.2) is 28.6 Å². The summed E-state index contributed by atoms with van der Waals surface area (Å²) in [4.78, 5) is 17.7. The van der Waals surface area contributed by atoms with Crippen molar-refractivity contribution in [2.75, 3.05) is 12.8 Å². The molecule has 0 N–H and O–H groups in total. The molecule has 0 fully saturated rings. The van der Waals surface area contributed by atoms with Gasteiger partial charge in [0.2, 0.25) is 5.91 Å². The Bertz CT molecular complexity index is 639. The lowest BCUT2D eigenvalue weighted by Gasteiger charge is -2.17. The van der Waals surface area contributed by atoms with Crippen LogP contribution in [0, 0.1) is 5.82 Å². The summed E-state index contributed by atoms with van der Waals surface area (Å²) in [6.45, 7) is 0.238. The molecule has 0 bridgehead atoms. The molecule has 0 spiro atoms. The van der Waals surface area contributed by atoms with E-state index in [-0.39, 0.29) is 24.0 Å². The summed E-state index contributed by atoms with van der Waals surface area (Å²) in [6.07, 6.45) is 1.63. The lowest BCUT2D eigenvalue weighted by molar-refractivity contribution is -0.127. The predicted octanol–water partition coefficient (Wildman–Crippen LogP) is 3.62. The first-order chi connectivity index (χ1) is 10.1. The van der Waals surface area contributed by atoms with Crippen molar-refractivity contribution < 1.29 is 9.18 Å². The topological polar surface area (TPSA) is 33.2 Å². The molecule has 1 aromatic heterocycles. The first-order valence-corrected chi connectivity index (χ1v) is 7.65. The van der Waals surface area contributed by atoms with E-state index in [1.165, 1.54) is 22.7 Å². The largest absolute Gasteiger partial charge is 0.341 e. The molecule has 0 aliphatic heterocycles. The lowest BCUT2D eigenvalue weighted by Crippen LogP contribution is -2.28. The zero-order valence-corrected chi connectivity index (χ0v) is 13.0. The highest BCUT2D eigenvalue weighted by atomic mass is 35.5. The first kappa shape index (κ1) is 15.8. The van der Waals surface area contributed by atoms with Crippen LogP contribution < -0.4 is 0 Å². The number of rotatable bonds is 5. The second kappa shape index (κ2) is 7.43. The Balaban J connectivity index is 1.91. The highest BCUT2D eigenvalue weighted by Gasteiger charge is 2.13. The number of halogens is 2. The van der Waals surface area contributed by atoms with Crippen LogP contribution in [0.25, 0.3) is 0 Å². The molecule has 2 rings (SSSR count). The molecular formula is C15H14ClFN2OS. The minimum atomic E-state index is -0.308. The SMILES string of the molecule is CN(Cc1ccccc1F)C(=O)CSc1ncccc1Cl. The Morgan fingerprint density at radius 1 is 1.33 bits per heavy atom. The number of pyridine rings is 1. The number of thioether (sulfide) groups is 1. The second-order valence-corrected chi connectivity index (χ2v) is 5.79. The van der Waals surface area contributed by atoms with Crippen molar-refractivity contribution in [2.24, 2.45) is 0 Å². The molecule has 6 heteroatoms. The van der Waals surface area contributed by atoms with E-state index in [1.807, 2.05) is 0 Å². The monoisotopic (exact) mass is 324 g/mol. The van der Waals surface area contributed by atoms with Gasteiger partial charge in [-0.1, -0.05) is 41.6 Å². The summed E-state index contributed by atoms with van der Waals surface area (Å²) in [5.74, 6) is -0.204. The quantitative estimate of drug-likeness (QED) is 0.787. The molecule has 0 aliphatic carbocycles. The zero-order chi connectivity index (χ0) is 15.2. The van der Waals surface area contributed by atoms with Gasteiger partial charge >= 0.3 is 0 Å². The van der Waals surface area contributed by atoms with E-state index in [1.54, 1.807) is 43.6 Å². The van der Waals surface area contributed by atoms with Crippen LogP contribution in [0.4, 0.5) is 4.39 Å². The van der Waals surface area contributed by atoms with Gasteiger partial charge in [-0.25, -0.2) is 9.37 Å². The Hall–Kier alpha value is -1.59. The van der Waals surface area contributed by atoms with E-state index in [0.29, 0.717) is 15.6 Å². The maximum atomic E-state index is 13.5. The fraction of sp³-hybridized carbons (Fsp3) is 0.200. The number of hydrogen-bond donors (Lipinski definition) is 0. The fourth-order valence-electron chi connectivity index (χ4n) is 1.69. The molecular weight excluding hydrogens is 311 g/mol. The Labute approximate surface area is 132 Å². The van der Waals surface area contributed by atoms with Gasteiger partial charge in [0.25, 0.3) is 0 Å². The van der Waals surface area contributed by atoms with Crippen LogP contribution in [0.3, 0.4) is 0 Å². The van der Waals surface area contributed by atoms with Crippen LogP contribution in [0.15, 0.2) is 47.6 Å². The number of aromatic nitrogens is 1. The van der Waals surface area contributed by atoms with E-state index < -0.39 is 0 Å². The summed E-state index contributed by atoms with van der Waals surface area (Å²) in [7, 11) is 1.65. The normalized spacial score (nSPS) is 10.4. The molecule has 0 unspecified atom stereocenters. The van der Waals surface area contributed by atoms with Gasteiger partial charge in [-0.3, -0.25) is 4.79 Å². The zero-order valence-electron chi connectivity index (χ0n) is 11.4. The van der Waals surface area contributed by atoms with Crippen LogP contribution in [-0.2, 0) is 11.3 Å². The summed E-state index contributed by atoms with van der Waals surface area (Å²) in [5.41, 5.74) is 0.495. The Morgan fingerprint density at radius 3 is 2.81 bits per heavy atom. The van der Waals surface area contributed by atoms with Gasteiger partial charge in [0.05, 0.1) is 10.8 Å². The second-order valence-electron chi connectivity index (χ2n) is 4.42. The molecule has 0 atom stereocenters. The maximum absolute atomic E-state index is 13.5. The average molecular weight is 325 g/mol. The van der Waals surface area contributed by atoms with Crippen molar-refractivity contribution in [1.82, 2.24) is 9.88 Å². The van der Waals surface area contributed by atoms with Gasteiger partial charge in [-0.2, -0.15) is 0 Å². The number of carbonyl (C=O) groups is 1. The molecule has 0 saturated heterocycles. The van der Waals surface area contributed by atoms with Gasteiger partial charge < -0.3 is 4.90 Å². The Kier molecular flexibility index (Phi) is 5.59. The van der Waals surface area contributed by atoms with Crippen molar-refractivity contribution in [3.05, 3.63) is 59.0 Å². The van der Waals surface area contributed by atoms with E-state index in [0.717, 1.165) is 0 Å². The van der Waals surface area contributed by atoms with Crippen LogP contribution >= 0.6 is 23.4 Å². The van der Waals surface area contributed by atoms with Crippen LogP contribution in [0.1, 0.15) is 5.56 Å². The fourth-order valence-corrected chi connectivity index (χ4v) is 2.80. The smallest absolute Gasteiger partial charge is 0.233 e. The minimum absolute atomic E-state index is 0.107. The standard InChI is InChI=1S/C15H14ClFN2OS/c1-19(9-11-5-2-3-7-13(11)17)14(20)10-21-15-12(16)6-4-8-18-15/h2-8H,9-10H2,1H3. The molecule has 110 valence electrons. The van der Waals surface area contributed by atoms with Gasteiger partial charge in [0, 0.05) is 25.4 Å². The van der Waals surface area contributed by atoms with Crippen molar-refractivity contribution in [3.63, 3.8) is 0 Å². The number of benzene rings is 1. The molecule has 0 radical (unpaired) electrons. The maximum Gasteiger partial charge on any atom is 0.233 e. The van der Waals surface area contributed by atoms with Crippen molar-refractivity contribution in [2.45, 2.75) is 11.6 Å². The van der Waals surface area contributed by atoms with E-state index >= 15 is 0 Å². The minimum Gasteiger partial charge on any atom is -0.341 e. The highest BCUT2D eigenvalue weighted by Crippen LogP contribution is 2.24. The summed E-state index contributed by atoms with van der Waals surface area (Å²) < 4.78 is 13.5. The van der Waals surface area contributed by atoms with E-state index in [2.05, 4.69) is 4.98 Å². The average Bonchev–Trinajstić information content (AvgIpc) is 2.48. The molecule has 3 nitrogen and oxygen atoms in total. The van der Waals surface area contributed by atoms with E-state index in [9.17, 15) is 9.18 Å². The third-order valence-electron chi connectivity index (χ3n) is 2.85. The third kappa shape index (κ3) is 4.44. The molecule has 1 aromatic carbocycles. The van der Waals surface area contributed by atoms with Gasteiger partial charge in [0.15, 0.2) is 0 Å². The third-order valence-corrected chi connectivity index (χ3v) is 4.26. The highest BCUT2D eigenvalue weighted by molar-refractivity contribution is 8.00. The molecule has 1 heterocycles. The lowest BCUT2D eigenvalue weighted by atomic mass is 10.2. The number of hydrogen-bond acceptors (Lipinski definition) is 3. The molecule has 21 heavy (non-hydrogen) atoms. The summed E-state index contributed by atoms with van der Waals surface area (Å²) in [6, 6.07) is 9.89.